The van der Waals surface area contributed by atoms with Gasteiger partial charge in [-0.3, -0.25) is 4.57 Å². The molecule has 3 heterocycles. The monoisotopic (exact) mass is 627 g/mol. The van der Waals surface area contributed by atoms with E-state index in [1.165, 1.54) is 0 Å². The van der Waals surface area contributed by atoms with Gasteiger partial charge < -0.3 is 24.3 Å². The molecule has 0 saturated carbocycles. The molecular weight excluding hydrogens is 590 g/mol. The van der Waals surface area contributed by atoms with Gasteiger partial charge in [0.1, 0.15) is 24.6 Å². The molecule has 4 atom stereocenters. The summed E-state index contributed by atoms with van der Waals surface area (Å²) in [5.41, 5.74) is 5.65. The number of benzene rings is 4. The number of fused-ring (bicyclic) bond motifs is 1. The number of rotatable bonds is 14. The number of hydrogen-bond donors (Lipinski definition) is 1. The molecule has 0 bridgehead atoms. The van der Waals surface area contributed by atoms with Crippen molar-refractivity contribution in [2.75, 3.05) is 11.9 Å². The molecule has 47 heavy (non-hydrogen) atoms. The first-order valence-electron chi connectivity index (χ1n) is 15.9. The van der Waals surface area contributed by atoms with Gasteiger partial charge in [-0.15, -0.1) is 0 Å². The topological polar surface area (TPSA) is 92.6 Å². The van der Waals surface area contributed by atoms with E-state index in [0.29, 0.717) is 50.0 Å². The lowest BCUT2D eigenvalue weighted by Gasteiger charge is -2.25. The third-order valence-electron chi connectivity index (χ3n) is 8.19. The Balaban J connectivity index is 1.18. The fraction of sp³-hybridized carbons (Fsp3) is 0.237. The number of hydrogen-bond acceptors (Lipinski definition) is 8. The van der Waals surface area contributed by atoms with Crippen molar-refractivity contribution in [3.8, 4) is 0 Å². The highest BCUT2D eigenvalue weighted by molar-refractivity contribution is 5.82. The second-order valence-corrected chi connectivity index (χ2v) is 11.5. The Labute approximate surface area is 274 Å². The van der Waals surface area contributed by atoms with Gasteiger partial charge in [0.2, 0.25) is 0 Å². The molecule has 1 N–H and O–H groups in total. The van der Waals surface area contributed by atoms with Gasteiger partial charge >= 0.3 is 0 Å². The first-order chi connectivity index (χ1) is 23.3. The van der Waals surface area contributed by atoms with E-state index in [9.17, 15) is 0 Å². The first-order valence-corrected chi connectivity index (χ1v) is 15.9. The lowest BCUT2D eigenvalue weighted by atomic mass is 10.1. The van der Waals surface area contributed by atoms with Crippen LogP contribution in [0.1, 0.15) is 28.5 Å². The average Bonchev–Trinajstić information content (AvgIpc) is 3.72. The highest BCUT2D eigenvalue weighted by atomic mass is 16.6. The maximum Gasteiger partial charge on any atom is 0.167 e. The van der Waals surface area contributed by atoms with Crippen LogP contribution in [-0.4, -0.2) is 44.4 Å². The van der Waals surface area contributed by atoms with Crippen molar-refractivity contribution in [1.29, 1.82) is 0 Å². The molecule has 1 aliphatic heterocycles. The molecule has 9 heteroatoms. The zero-order valence-electron chi connectivity index (χ0n) is 26.0. The maximum atomic E-state index is 6.79. The molecule has 1 aliphatic rings. The fourth-order valence-corrected chi connectivity index (χ4v) is 5.79. The molecule has 0 aliphatic carbocycles. The molecule has 238 valence electrons. The fourth-order valence-electron chi connectivity index (χ4n) is 5.79. The Morgan fingerprint density at radius 3 is 1.79 bits per heavy atom. The van der Waals surface area contributed by atoms with Gasteiger partial charge in [0.25, 0.3) is 0 Å². The summed E-state index contributed by atoms with van der Waals surface area (Å²) in [6, 6.07) is 40.5. The van der Waals surface area contributed by atoms with Crippen LogP contribution in [0.5, 0.6) is 0 Å². The van der Waals surface area contributed by atoms with Gasteiger partial charge in [0, 0.05) is 6.54 Å². The Kier molecular flexibility index (Phi) is 9.87. The number of aromatic nitrogens is 4. The van der Waals surface area contributed by atoms with Crippen LogP contribution in [0.25, 0.3) is 11.2 Å². The predicted octanol–water partition coefficient (Wildman–Crippen LogP) is 6.72. The van der Waals surface area contributed by atoms with Crippen molar-refractivity contribution >= 4 is 17.0 Å². The summed E-state index contributed by atoms with van der Waals surface area (Å²) < 4.78 is 28.3. The largest absolute Gasteiger partial charge is 0.374 e. The molecule has 9 nitrogen and oxygen atoms in total. The van der Waals surface area contributed by atoms with E-state index in [4.69, 9.17) is 23.9 Å². The summed E-state index contributed by atoms with van der Waals surface area (Å²) in [5.74, 6) is 0.650. The standard InChI is InChI=1S/C38H37N5O4/c1-5-13-28(14-6-1)21-39-36-33-37(41-26-40-36)43(27-42-33)38-35(46-24-31-19-11-4-12-20-31)34(45-23-30-17-9-3-10-18-30)32(47-38)25-44-22-29-15-7-2-8-16-29/h1-20,26-27,32,34-35,38H,21-25H2,(H,39,40,41)/t32-,34-,35-,38-/m1/s1. The molecule has 7 rings (SSSR count). The van der Waals surface area contributed by atoms with Crippen LogP contribution in [0, 0.1) is 0 Å². The number of anilines is 1. The maximum absolute atomic E-state index is 6.79. The van der Waals surface area contributed by atoms with E-state index in [1.807, 2.05) is 89.5 Å². The average molecular weight is 628 g/mol. The highest BCUT2D eigenvalue weighted by Crippen LogP contribution is 2.37. The van der Waals surface area contributed by atoms with Gasteiger partial charge in [0.05, 0.1) is 32.8 Å². The van der Waals surface area contributed by atoms with Crippen LogP contribution in [0.15, 0.2) is 134 Å². The van der Waals surface area contributed by atoms with Crippen molar-refractivity contribution in [3.05, 3.63) is 156 Å². The van der Waals surface area contributed by atoms with Crippen LogP contribution in [0.4, 0.5) is 5.82 Å². The SMILES string of the molecule is c1ccc(CNc2ncnc3c2ncn3[C@@H]2O[C@H](COCc3ccccc3)[C@@H](OCc3ccccc3)[C@H]2OCc2ccccc2)cc1. The summed E-state index contributed by atoms with van der Waals surface area (Å²) in [5, 5.41) is 3.42. The Bertz CT molecular complexity index is 1820. The second kappa shape index (κ2) is 15.1. The number of nitrogens with zero attached hydrogens (tertiary/aromatic N) is 4. The lowest BCUT2D eigenvalue weighted by molar-refractivity contribution is -0.0913. The van der Waals surface area contributed by atoms with Gasteiger partial charge in [-0.2, -0.15) is 0 Å². The molecule has 4 aromatic carbocycles. The second-order valence-electron chi connectivity index (χ2n) is 11.5. The van der Waals surface area contributed by atoms with Crippen LogP contribution < -0.4 is 5.32 Å². The van der Waals surface area contributed by atoms with Crippen LogP contribution in [-0.2, 0) is 45.3 Å². The van der Waals surface area contributed by atoms with E-state index in [2.05, 4.69) is 51.7 Å². The van der Waals surface area contributed by atoms with Gasteiger partial charge in [-0.1, -0.05) is 121 Å². The third-order valence-corrected chi connectivity index (χ3v) is 8.19. The smallest absolute Gasteiger partial charge is 0.167 e. The molecule has 0 amide bonds. The Hall–Kier alpha value is -4.93. The Morgan fingerprint density at radius 2 is 1.17 bits per heavy atom. The molecule has 0 unspecified atom stereocenters. The third kappa shape index (κ3) is 7.56. The van der Waals surface area contributed by atoms with Crippen molar-refractivity contribution in [3.63, 3.8) is 0 Å². The summed E-state index contributed by atoms with van der Waals surface area (Å²) in [4.78, 5) is 13.9. The zero-order valence-corrected chi connectivity index (χ0v) is 26.0. The van der Waals surface area contributed by atoms with E-state index >= 15 is 0 Å². The van der Waals surface area contributed by atoms with Crippen molar-refractivity contribution in [2.45, 2.75) is 50.9 Å². The van der Waals surface area contributed by atoms with Crippen LogP contribution in [0.2, 0.25) is 0 Å². The minimum Gasteiger partial charge on any atom is -0.374 e. The minimum absolute atomic E-state index is 0.321. The van der Waals surface area contributed by atoms with Crippen LogP contribution >= 0.6 is 0 Å². The van der Waals surface area contributed by atoms with E-state index < -0.39 is 24.5 Å². The van der Waals surface area contributed by atoms with Gasteiger partial charge in [0.15, 0.2) is 23.2 Å². The summed E-state index contributed by atoms with van der Waals surface area (Å²) >= 11 is 0. The molecule has 1 fully saturated rings. The van der Waals surface area contributed by atoms with Crippen LogP contribution in [0.3, 0.4) is 0 Å². The lowest BCUT2D eigenvalue weighted by Crippen LogP contribution is -2.38. The minimum atomic E-state index is -0.577. The summed E-state index contributed by atoms with van der Waals surface area (Å²) in [6.07, 6.45) is 1.38. The summed E-state index contributed by atoms with van der Waals surface area (Å²) in [6.45, 7) is 2.19. The molecule has 0 spiro atoms. The van der Waals surface area contributed by atoms with Crippen molar-refractivity contribution < 1.29 is 18.9 Å². The van der Waals surface area contributed by atoms with Gasteiger partial charge in [-0.25, -0.2) is 15.0 Å². The van der Waals surface area contributed by atoms with E-state index in [-0.39, 0.29) is 0 Å². The normalized spacial score (nSPS) is 19.2. The highest BCUT2D eigenvalue weighted by Gasteiger charge is 2.48. The van der Waals surface area contributed by atoms with Crippen molar-refractivity contribution in [1.82, 2.24) is 19.5 Å². The molecular formula is C38H37N5O4. The van der Waals surface area contributed by atoms with E-state index in [0.717, 1.165) is 22.3 Å². The quantitative estimate of drug-likeness (QED) is 0.142. The molecule has 6 aromatic rings. The summed E-state index contributed by atoms with van der Waals surface area (Å²) in [7, 11) is 0. The predicted molar refractivity (Wildman–Crippen MR) is 179 cm³/mol. The van der Waals surface area contributed by atoms with Gasteiger partial charge in [-0.05, 0) is 22.3 Å². The Morgan fingerprint density at radius 1 is 0.617 bits per heavy atom. The van der Waals surface area contributed by atoms with E-state index in [1.54, 1.807) is 12.7 Å². The molecule has 0 radical (unpaired) electrons. The molecule has 1 saturated heterocycles. The number of ether oxygens (including phenoxy) is 4. The first kappa shape index (κ1) is 30.7. The van der Waals surface area contributed by atoms with Crippen molar-refractivity contribution in [2.24, 2.45) is 0 Å². The number of imidazole rings is 1. The zero-order chi connectivity index (χ0) is 31.7. The number of nitrogens with one attached hydrogen (secondary N) is 1. The molecule has 2 aromatic heterocycles.